The zero-order valence-corrected chi connectivity index (χ0v) is 12.8. The van der Waals surface area contributed by atoms with E-state index < -0.39 is 11.4 Å². The summed E-state index contributed by atoms with van der Waals surface area (Å²) in [6.07, 6.45) is 1.56. The fourth-order valence-electron chi connectivity index (χ4n) is 2.79. The summed E-state index contributed by atoms with van der Waals surface area (Å²) in [5.74, 6) is -0.792. The maximum Gasteiger partial charge on any atom is 0.311 e. The molecule has 0 bridgehead atoms. The van der Waals surface area contributed by atoms with E-state index >= 15 is 0 Å². The van der Waals surface area contributed by atoms with Gasteiger partial charge in [0.1, 0.15) is 0 Å². The molecule has 1 fully saturated rings. The number of nitrogens with zero attached hydrogens (tertiary/aromatic N) is 1. The lowest BCUT2D eigenvalue weighted by Crippen LogP contribution is -2.50. The van der Waals surface area contributed by atoms with Gasteiger partial charge in [-0.3, -0.25) is 9.59 Å². The van der Waals surface area contributed by atoms with Crippen molar-refractivity contribution in [2.24, 2.45) is 5.41 Å². The number of ether oxygens (including phenoxy) is 2. The number of carbonyl (C=O) groups excluding carboxylic acids is 1. The number of rotatable bonds is 6. The summed E-state index contributed by atoms with van der Waals surface area (Å²) < 4.78 is 15.2. The minimum absolute atomic E-state index is 0.157. The summed E-state index contributed by atoms with van der Waals surface area (Å²) in [6, 6.07) is 3.10. The molecule has 1 unspecified atom stereocenters. The average molecular weight is 311 g/mol. The highest BCUT2D eigenvalue weighted by atomic mass is 16.6. The number of hydrogen-bond acceptors (Lipinski definition) is 5. The first kappa shape index (κ1) is 16.4. The van der Waals surface area contributed by atoms with E-state index in [2.05, 4.69) is 0 Å². The topological polar surface area (TPSA) is 89.2 Å². The van der Waals surface area contributed by atoms with E-state index in [4.69, 9.17) is 13.9 Å². The van der Waals surface area contributed by atoms with Crippen LogP contribution in [0.4, 0.5) is 0 Å². The molecule has 1 aromatic heterocycles. The van der Waals surface area contributed by atoms with Gasteiger partial charge in [-0.15, -0.1) is 0 Å². The van der Waals surface area contributed by atoms with Crippen LogP contribution in [0.2, 0.25) is 0 Å². The molecule has 1 N–H and O–H groups in total. The van der Waals surface area contributed by atoms with Gasteiger partial charge in [-0.1, -0.05) is 0 Å². The van der Waals surface area contributed by atoms with Crippen LogP contribution in [0.25, 0.3) is 0 Å². The highest BCUT2D eigenvalue weighted by molar-refractivity contribution is 5.92. The van der Waals surface area contributed by atoms with Crippen molar-refractivity contribution in [3.8, 4) is 5.95 Å². The maximum absolute atomic E-state index is 12.5. The normalized spacial score (nSPS) is 21.6. The second-order valence-electron chi connectivity index (χ2n) is 5.48. The van der Waals surface area contributed by atoms with Crippen molar-refractivity contribution in [3.05, 3.63) is 17.9 Å². The van der Waals surface area contributed by atoms with Gasteiger partial charge < -0.3 is 23.9 Å². The summed E-state index contributed by atoms with van der Waals surface area (Å²) in [4.78, 5) is 25.7. The second kappa shape index (κ2) is 6.83. The Balaban J connectivity index is 2.14. The Kier molecular flexibility index (Phi) is 5.07. The van der Waals surface area contributed by atoms with Gasteiger partial charge in [0.05, 0.1) is 12.5 Å². The predicted molar refractivity (Wildman–Crippen MR) is 77.0 cm³/mol. The number of carbonyl (C=O) groups is 2. The van der Waals surface area contributed by atoms with Crippen LogP contribution in [-0.4, -0.2) is 55.8 Å². The molecule has 122 valence electrons. The van der Waals surface area contributed by atoms with Gasteiger partial charge in [0.25, 0.3) is 11.9 Å². The molecule has 7 heteroatoms. The fraction of sp³-hybridized carbons (Fsp3) is 0.600. The summed E-state index contributed by atoms with van der Waals surface area (Å²) in [7, 11) is 2.99. The van der Waals surface area contributed by atoms with Gasteiger partial charge in [-0.2, -0.15) is 0 Å². The molecule has 1 amide bonds. The molecule has 2 rings (SSSR count). The van der Waals surface area contributed by atoms with Crippen LogP contribution in [0.5, 0.6) is 5.95 Å². The third-order valence-corrected chi connectivity index (χ3v) is 4.10. The molecule has 1 saturated heterocycles. The summed E-state index contributed by atoms with van der Waals surface area (Å²) in [5.41, 5.74) is -0.958. The van der Waals surface area contributed by atoms with E-state index in [1.165, 1.54) is 25.2 Å². The molecule has 1 aliphatic heterocycles. The minimum atomic E-state index is -0.958. The largest absolute Gasteiger partial charge is 0.481 e. The van der Waals surface area contributed by atoms with Crippen molar-refractivity contribution in [3.63, 3.8) is 0 Å². The molecule has 0 spiro atoms. The van der Waals surface area contributed by atoms with E-state index in [1.54, 1.807) is 6.07 Å². The van der Waals surface area contributed by atoms with E-state index in [9.17, 15) is 14.7 Å². The minimum Gasteiger partial charge on any atom is -0.481 e. The zero-order valence-electron chi connectivity index (χ0n) is 12.8. The molecule has 0 aromatic carbocycles. The number of piperidine rings is 1. The molecule has 0 radical (unpaired) electrons. The van der Waals surface area contributed by atoms with Crippen LogP contribution in [0, 0.1) is 5.41 Å². The van der Waals surface area contributed by atoms with Crippen molar-refractivity contribution >= 4 is 11.9 Å². The highest BCUT2D eigenvalue weighted by Crippen LogP contribution is 2.35. The SMILES string of the molecule is COCCC1(C(=O)O)CCCN(C(=O)c2ccc(OC)o2)C1. The van der Waals surface area contributed by atoms with E-state index in [0.29, 0.717) is 32.4 Å². The number of hydrogen-bond donors (Lipinski definition) is 1. The average Bonchev–Trinajstić information content (AvgIpc) is 3.01. The summed E-state index contributed by atoms with van der Waals surface area (Å²) in [6.45, 7) is 1.03. The van der Waals surface area contributed by atoms with E-state index in [1.807, 2.05) is 0 Å². The molecular formula is C15H21NO6. The quantitative estimate of drug-likeness (QED) is 0.859. The van der Waals surface area contributed by atoms with Crippen LogP contribution >= 0.6 is 0 Å². The standard InChI is InChI=1S/C15H21NO6/c1-20-9-7-15(14(18)19)6-3-8-16(10-15)13(17)11-4-5-12(21-2)22-11/h4-5H,3,6-10H2,1-2H3,(H,18,19). The monoisotopic (exact) mass is 311 g/mol. The first-order valence-electron chi connectivity index (χ1n) is 7.18. The maximum atomic E-state index is 12.5. The van der Waals surface area contributed by atoms with E-state index in [0.717, 1.165) is 0 Å². The number of methoxy groups -OCH3 is 2. The van der Waals surface area contributed by atoms with Gasteiger partial charge >= 0.3 is 5.97 Å². The lowest BCUT2D eigenvalue weighted by molar-refractivity contribution is -0.153. The molecule has 7 nitrogen and oxygen atoms in total. The predicted octanol–water partition coefficient (Wildman–Crippen LogP) is 1.63. The number of carboxylic acids is 1. The molecule has 0 saturated carbocycles. The molecule has 1 atom stereocenters. The molecule has 2 heterocycles. The van der Waals surface area contributed by atoms with Gasteiger partial charge in [-0.05, 0) is 25.3 Å². The Labute approximate surface area is 128 Å². The third kappa shape index (κ3) is 3.24. The summed E-state index contributed by atoms with van der Waals surface area (Å²) in [5, 5.41) is 9.59. The number of likely N-dealkylation sites (tertiary alicyclic amines) is 1. The van der Waals surface area contributed by atoms with Crippen molar-refractivity contribution in [1.82, 2.24) is 4.90 Å². The Morgan fingerprint density at radius 2 is 2.18 bits per heavy atom. The zero-order chi connectivity index (χ0) is 16.2. The molecular weight excluding hydrogens is 290 g/mol. The van der Waals surface area contributed by atoms with Crippen molar-refractivity contribution in [2.75, 3.05) is 33.9 Å². The lowest BCUT2D eigenvalue weighted by Gasteiger charge is -2.39. The van der Waals surface area contributed by atoms with Crippen molar-refractivity contribution in [2.45, 2.75) is 19.3 Å². The Bertz CT molecular complexity index is 540. The Morgan fingerprint density at radius 3 is 2.77 bits per heavy atom. The number of furan rings is 1. The van der Waals surface area contributed by atoms with Gasteiger partial charge in [0, 0.05) is 32.9 Å². The summed E-state index contributed by atoms with van der Waals surface area (Å²) >= 11 is 0. The van der Waals surface area contributed by atoms with Crippen LogP contribution in [-0.2, 0) is 9.53 Å². The van der Waals surface area contributed by atoms with Gasteiger partial charge in [0.2, 0.25) is 0 Å². The van der Waals surface area contributed by atoms with Crippen molar-refractivity contribution < 1.29 is 28.6 Å². The van der Waals surface area contributed by atoms with Crippen molar-refractivity contribution in [1.29, 1.82) is 0 Å². The first-order chi connectivity index (χ1) is 10.5. The van der Waals surface area contributed by atoms with Crippen LogP contribution in [0.15, 0.2) is 16.5 Å². The molecule has 1 aromatic rings. The Morgan fingerprint density at radius 1 is 1.41 bits per heavy atom. The molecule has 22 heavy (non-hydrogen) atoms. The van der Waals surface area contributed by atoms with Crippen LogP contribution in [0.1, 0.15) is 29.8 Å². The van der Waals surface area contributed by atoms with Crippen LogP contribution < -0.4 is 4.74 Å². The number of carboxylic acid groups (broad SMARTS) is 1. The van der Waals surface area contributed by atoms with Gasteiger partial charge in [0.15, 0.2) is 5.76 Å². The first-order valence-corrected chi connectivity index (χ1v) is 7.18. The third-order valence-electron chi connectivity index (χ3n) is 4.10. The molecule has 1 aliphatic rings. The number of aliphatic carboxylic acids is 1. The smallest absolute Gasteiger partial charge is 0.311 e. The van der Waals surface area contributed by atoms with Crippen LogP contribution in [0.3, 0.4) is 0 Å². The molecule has 0 aliphatic carbocycles. The highest BCUT2D eigenvalue weighted by Gasteiger charge is 2.43. The van der Waals surface area contributed by atoms with E-state index in [-0.39, 0.29) is 24.2 Å². The second-order valence-corrected chi connectivity index (χ2v) is 5.48. The fourth-order valence-corrected chi connectivity index (χ4v) is 2.79. The van der Waals surface area contributed by atoms with Gasteiger partial charge in [-0.25, -0.2) is 0 Å². The lowest BCUT2D eigenvalue weighted by atomic mass is 9.77. The number of amides is 1. The Hall–Kier alpha value is -2.02.